The molecular weight excluding hydrogens is 288 g/mol. The van der Waals surface area contributed by atoms with Crippen LogP contribution in [-0.4, -0.2) is 74.6 Å². The van der Waals surface area contributed by atoms with Crippen LogP contribution in [-0.2, 0) is 4.79 Å². The molecule has 2 aliphatic rings. The highest BCUT2D eigenvalue weighted by molar-refractivity contribution is 5.78. The van der Waals surface area contributed by atoms with Gasteiger partial charge in [-0.15, -0.1) is 0 Å². The predicted molar refractivity (Wildman–Crippen MR) is 93.8 cm³/mol. The van der Waals surface area contributed by atoms with Crippen LogP contribution >= 0.6 is 0 Å². The number of hydrogen-bond acceptors (Lipinski definition) is 4. The van der Waals surface area contributed by atoms with Crippen LogP contribution in [0.3, 0.4) is 0 Å². The second-order valence-electron chi connectivity index (χ2n) is 6.52. The molecule has 0 spiro atoms. The molecule has 0 unspecified atom stereocenters. The number of piperazine rings is 1. The summed E-state index contributed by atoms with van der Waals surface area (Å²) in [6, 6.07) is 11.2. The first-order valence-electron chi connectivity index (χ1n) is 8.74. The van der Waals surface area contributed by atoms with Gasteiger partial charge >= 0.3 is 0 Å². The highest BCUT2D eigenvalue weighted by Crippen LogP contribution is 2.20. The number of para-hydroxylation sites is 1. The Kier molecular flexibility index (Phi) is 5.51. The normalized spacial score (nSPS) is 23.1. The third-order valence-corrected chi connectivity index (χ3v) is 5.03. The smallest absolute Gasteiger partial charge is 0.236 e. The molecule has 1 aromatic carbocycles. The molecule has 126 valence electrons. The van der Waals surface area contributed by atoms with Crippen LogP contribution < -0.4 is 10.2 Å². The SMILES string of the molecule is CNCC(=O)N1CCC[C@H](N2CCN(c3ccccc3)CC2)C1. The first kappa shape index (κ1) is 16.3. The van der Waals surface area contributed by atoms with E-state index in [2.05, 4.69) is 45.4 Å². The van der Waals surface area contributed by atoms with Crippen molar-refractivity contribution in [3.8, 4) is 0 Å². The number of carbonyl (C=O) groups is 1. The van der Waals surface area contributed by atoms with Crippen LogP contribution in [0.25, 0.3) is 0 Å². The summed E-state index contributed by atoms with van der Waals surface area (Å²) in [7, 11) is 1.84. The van der Waals surface area contributed by atoms with Gasteiger partial charge in [0.05, 0.1) is 6.54 Å². The van der Waals surface area contributed by atoms with Gasteiger partial charge in [0.15, 0.2) is 0 Å². The van der Waals surface area contributed by atoms with Gasteiger partial charge < -0.3 is 15.1 Å². The topological polar surface area (TPSA) is 38.8 Å². The van der Waals surface area contributed by atoms with Crippen LogP contribution in [0.1, 0.15) is 12.8 Å². The molecule has 2 aliphatic heterocycles. The molecule has 2 fully saturated rings. The number of nitrogens with zero attached hydrogens (tertiary/aromatic N) is 3. The minimum absolute atomic E-state index is 0.236. The van der Waals surface area contributed by atoms with Crippen LogP contribution in [0, 0.1) is 0 Å². The summed E-state index contributed by atoms with van der Waals surface area (Å²) in [6.07, 6.45) is 2.34. The van der Waals surface area contributed by atoms with Crippen molar-refractivity contribution in [2.24, 2.45) is 0 Å². The van der Waals surface area contributed by atoms with E-state index in [1.54, 1.807) is 0 Å². The quantitative estimate of drug-likeness (QED) is 0.900. The lowest BCUT2D eigenvalue weighted by Gasteiger charge is -2.44. The molecule has 1 aromatic rings. The van der Waals surface area contributed by atoms with Gasteiger partial charge in [0, 0.05) is 51.0 Å². The fourth-order valence-electron chi connectivity index (χ4n) is 3.73. The van der Waals surface area contributed by atoms with E-state index in [-0.39, 0.29) is 5.91 Å². The molecule has 0 bridgehead atoms. The number of likely N-dealkylation sites (tertiary alicyclic amines) is 1. The van der Waals surface area contributed by atoms with Crippen LogP contribution in [0.4, 0.5) is 5.69 Å². The van der Waals surface area contributed by atoms with Crippen molar-refractivity contribution in [2.75, 3.05) is 57.8 Å². The zero-order valence-electron chi connectivity index (χ0n) is 14.1. The Morgan fingerprint density at radius 2 is 1.87 bits per heavy atom. The van der Waals surface area contributed by atoms with E-state index in [0.29, 0.717) is 12.6 Å². The van der Waals surface area contributed by atoms with Gasteiger partial charge in [0.25, 0.3) is 0 Å². The fourth-order valence-corrected chi connectivity index (χ4v) is 3.73. The van der Waals surface area contributed by atoms with Gasteiger partial charge in [-0.3, -0.25) is 9.69 Å². The number of benzene rings is 1. The van der Waals surface area contributed by atoms with Crippen LogP contribution in [0.5, 0.6) is 0 Å². The summed E-state index contributed by atoms with van der Waals surface area (Å²) >= 11 is 0. The Labute approximate surface area is 139 Å². The molecule has 1 N–H and O–H groups in total. The molecule has 0 aromatic heterocycles. The van der Waals surface area contributed by atoms with E-state index in [9.17, 15) is 4.79 Å². The molecule has 5 nitrogen and oxygen atoms in total. The minimum atomic E-state index is 0.236. The van der Waals surface area contributed by atoms with E-state index in [1.165, 1.54) is 12.1 Å². The first-order chi connectivity index (χ1) is 11.3. The van der Waals surface area contributed by atoms with E-state index in [4.69, 9.17) is 0 Å². The maximum absolute atomic E-state index is 12.1. The minimum Gasteiger partial charge on any atom is -0.369 e. The summed E-state index contributed by atoms with van der Waals surface area (Å²) in [4.78, 5) is 19.2. The van der Waals surface area contributed by atoms with Crippen molar-refractivity contribution in [2.45, 2.75) is 18.9 Å². The Bertz CT molecular complexity index is 499. The zero-order valence-corrected chi connectivity index (χ0v) is 14.1. The molecular formula is C18H28N4O. The highest BCUT2D eigenvalue weighted by Gasteiger charge is 2.29. The Balaban J connectivity index is 1.52. The number of anilines is 1. The van der Waals surface area contributed by atoms with Crippen molar-refractivity contribution < 1.29 is 4.79 Å². The Hall–Kier alpha value is -1.59. The Morgan fingerprint density at radius 1 is 1.13 bits per heavy atom. The maximum atomic E-state index is 12.1. The lowest BCUT2D eigenvalue weighted by atomic mass is 10.0. The van der Waals surface area contributed by atoms with Gasteiger partial charge in [-0.25, -0.2) is 0 Å². The van der Waals surface area contributed by atoms with Gasteiger partial charge in [-0.2, -0.15) is 0 Å². The van der Waals surface area contributed by atoms with E-state index < -0.39 is 0 Å². The maximum Gasteiger partial charge on any atom is 0.236 e. The second kappa shape index (κ2) is 7.79. The average Bonchev–Trinajstić information content (AvgIpc) is 2.63. The first-order valence-corrected chi connectivity index (χ1v) is 8.74. The fraction of sp³-hybridized carbons (Fsp3) is 0.611. The second-order valence-corrected chi connectivity index (χ2v) is 6.52. The van der Waals surface area contributed by atoms with Crippen molar-refractivity contribution in [3.05, 3.63) is 30.3 Å². The van der Waals surface area contributed by atoms with Crippen molar-refractivity contribution >= 4 is 11.6 Å². The standard InChI is InChI=1S/C18H28N4O/c1-19-14-18(23)22-9-5-8-17(15-22)21-12-10-20(11-13-21)16-6-3-2-4-7-16/h2-4,6-7,17,19H,5,8-15H2,1H3/t17-/m0/s1. The number of rotatable bonds is 4. The number of carbonyl (C=O) groups excluding carboxylic acids is 1. The summed E-state index contributed by atoms with van der Waals surface area (Å²) in [5.41, 5.74) is 1.32. The van der Waals surface area contributed by atoms with Crippen molar-refractivity contribution in [1.82, 2.24) is 15.1 Å². The number of nitrogens with one attached hydrogen (secondary N) is 1. The molecule has 1 amide bonds. The third kappa shape index (κ3) is 4.03. The summed E-state index contributed by atoms with van der Waals surface area (Å²) < 4.78 is 0. The number of piperidine rings is 1. The molecule has 0 saturated carbocycles. The average molecular weight is 316 g/mol. The molecule has 23 heavy (non-hydrogen) atoms. The zero-order chi connectivity index (χ0) is 16.1. The third-order valence-electron chi connectivity index (χ3n) is 5.03. The largest absolute Gasteiger partial charge is 0.369 e. The van der Waals surface area contributed by atoms with E-state index in [0.717, 1.165) is 45.7 Å². The number of likely N-dealkylation sites (N-methyl/N-ethyl adjacent to an activating group) is 1. The summed E-state index contributed by atoms with van der Waals surface area (Å²) in [5, 5.41) is 2.97. The molecule has 0 radical (unpaired) electrons. The molecule has 3 rings (SSSR count). The molecule has 1 atom stereocenters. The Morgan fingerprint density at radius 3 is 2.57 bits per heavy atom. The lowest BCUT2D eigenvalue weighted by molar-refractivity contribution is -0.132. The van der Waals surface area contributed by atoms with Gasteiger partial charge in [0.2, 0.25) is 5.91 Å². The van der Waals surface area contributed by atoms with Crippen molar-refractivity contribution in [3.63, 3.8) is 0 Å². The molecule has 5 heteroatoms. The van der Waals surface area contributed by atoms with Crippen molar-refractivity contribution in [1.29, 1.82) is 0 Å². The van der Waals surface area contributed by atoms with Gasteiger partial charge in [-0.05, 0) is 32.0 Å². The van der Waals surface area contributed by atoms with Crippen LogP contribution in [0.15, 0.2) is 30.3 Å². The van der Waals surface area contributed by atoms with Crippen LogP contribution in [0.2, 0.25) is 0 Å². The number of amides is 1. The van der Waals surface area contributed by atoms with Gasteiger partial charge in [-0.1, -0.05) is 18.2 Å². The molecule has 2 saturated heterocycles. The number of hydrogen-bond donors (Lipinski definition) is 1. The van der Waals surface area contributed by atoms with E-state index in [1.807, 2.05) is 11.9 Å². The van der Waals surface area contributed by atoms with Gasteiger partial charge in [0.1, 0.15) is 0 Å². The molecule has 0 aliphatic carbocycles. The summed E-state index contributed by atoms with van der Waals surface area (Å²) in [5.74, 6) is 0.236. The summed E-state index contributed by atoms with van der Waals surface area (Å²) in [6.45, 7) is 6.60. The molecule has 2 heterocycles. The predicted octanol–water partition coefficient (Wildman–Crippen LogP) is 1.02. The lowest BCUT2D eigenvalue weighted by Crippen LogP contribution is -2.56. The monoisotopic (exact) mass is 316 g/mol. The highest BCUT2D eigenvalue weighted by atomic mass is 16.2. The van der Waals surface area contributed by atoms with E-state index >= 15 is 0 Å².